The highest BCUT2D eigenvalue weighted by Crippen LogP contribution is 2.20. The highest BCUT2D eigenvalue weighted by Gasteiger charge is 2.06. The lowest BCUT2D eigenvalue weighted by molar-refractivity contribution is -0.137. The number of carboxylic acid groups (broad SMARTS) is 1. The van der Waals surface area contributed by atoms with Gasteiger partial charge in [0.1, 0.15) is 23.5 Å². The van der Waals surface area contributed by atoms with Gasteiger partial charge in [-0.15, -0.1) is 0 Å². The highest BCUT2D eigenvalue weighted by molar-refractivity contribution is 5.89. The Morgan fingerprint density at radius 1 is 1.39 bits per heavy atom. The molecule has 0 bridgehead atoms. The summed E-state index contributed by atoms with van der Waals surface area (Å²) in [5.74, 6) is -0.719. The molecule has 0 unspecified atom stereocenters. The molecule has 0 radical (unpaired) electrons. The Labute approximate surface area is 103 Å². The van der Waals surface area contributed by atoms with E-state index in [2.05, 4.69) is 15.3 Å². The lowest BCUT2D eigenvalue weighted by Crippen LogP contribution is -2.07. The summed E-state index contributed by atoms with van der Waals surface area (Å²) in [6.07, 6.45) is 1.85. The van der Waals surface area contributed by atoms with Gasteiger partial charge in [0.2, 0.25) is 0 Å². The van der Waals surface area contributed by atoms with Crippen molar-refractivity contribution in [1.82, 2.24) is 9.97 Å². The maximum Gasteiger partial charge on any atom is 0.303 e. The molecule has 0 amide bonds. The average Bonchev–Trinajstić information content (AvgIpc) is 2.35. The van der Waals surface area contributed by atoms with E-state index in [4.69, 9.17) is 5.11 Å². The van der Waals surface area contributed by atoms with Gasteiger partial charge in [0.25, 0.3) is 0 Å². The van der Waals surface area contributed by atoms with Gasteiger partial charge >= 0.3 is 5.97 Å². The molecule has 18 heavy (non-hydrogen) atoms. The summed E-state index contributed by atoms with van der Waals surface area (Å²) in [5.41, 5.74) is 0.258. The second-order valence-corrected chi connectivity index (χ2v) is 3.78. The van der Waals surface area contributed by atoms with Crippen molar-refractivity contribution in [3.63, 3.8) is 0 Å². The van der Waals surface area contributed by atoms with Crippen LogP contribution in [0.15, 0.2) is 24.5 Å². The fraction of sp³-hybridized carbons (Fsp3) is 0.250. The van der Waals surface area contributed by atoms with Crippen LogP contribution in [0, 0.1) is 5.82 Å². The van der Waals surface area contributed by atoms with Crippen LogP contribution in [0.3, 0.4) is 0 Å². The summed E-state index contributed by atoms with van der Waals surface area (Å²) in [7, 11) is 0. The first-order chi connectivity index (χ1) is 8.68. The maximum absolute atomic E-state index is 13.5. The molecule has 5 nitrogen and oxygen atoms in total. The SMILES string of the molecule is O=C(O)CCCNc1ncnc2c(F)cccc12. The number of nitrogens with one attached hydrogen (secondary N) is 1. The zero-order valence-corrected chi connectivity index (χ0v) is 9.56. The standard InChI is InChI=1S/C12H12FN3O2/c13-9-4-1-3-8-11(9)15-7-16-12(8)14-6-2-5-10(17)18/h1,3-4,7H,2,5-6H2,(H,17,18)(H,14,15,16). The highest BCUT2D eigenvalue weighted by atomic mass is 19.1. The Morgan fingerprint density at radius 2 is 2.22 bits per heavy atom. The predicted molar refractivity (Wildman–Crippen MR) is 64.9 cm³/mol. The Balaban J connectivity index is 2.13. The summed E-state index contributed by atoms with van der Waals surface area (Å²) in [5, 5.41) is 12.1. The van der Waals surface area contributed by atoms with E-state index in [1.165, 1.54) is 12.4 Å². The van der Waals surface area contributed by atoms with Crippen molar-refractivity contribution in [1.29, 1.82) is 0 Å². The molecule has 1 aromatic carbocycles. The normalized spacial score (nSPS) is 10.5. The first-order valence-corrected chi connectivity index (χ1v) is 5.53. The van der Waals surface area contributed by atoms with Gasteiger partial charge in [-0.1, -0.05) is 6.07 Å². The monoisotopic (exact) mass is 249 g/mol. The summed E-state index contributed by atoms with van der Waals surface area (Å²) >= 11 is 0. The van der Waals surface area contributed by atoms with E-state index in [0.717, 1.165) is 0 Å². The Bertz CT molecular complexity index is 574. The number of anilines is 1. The van der Waals surface area contributed by atoms with Crippen molar-refractivity contribution in [2.75, 3.05) is 11.9 Å². The van der Waals surface area contributed by atoms with Crippen LogP contribution in [0.2, 0.25) is 0 Å². The van der Waals surface area contributed by atoms with E-state index in [1.54, 1.807) is 12.1 Å². The number of hydrogen-bond donors (Lipinski definition) is 2. The van der Waals surface area contributed by atoms with E-state index < -0.39 is 11.8 Å². The molecule has 2 N–H and O–H groups in total. The molecule has 1 heterocycles. The second-order valence-electron chi connectivity index (χ2n) is 3.78. The molecule has 0 saturated heterocycles. The summed E-state index contributed by atoms with van der Waals surface area (Å²) in [4.78, 5) is 18.3. The summed E-state index contributed by atoms with van der Waals surface area (Å²) < 4.78 is 13.5. The summed E-state index contributed by atoms with van der Waals surface area (Å²) in [6, 6.07) is 4.64. The lowest BCUT2D eigenvalue weighted by Gasteiger charge is -2.07. The second kappa shape index (κ2) is 5.39. The molecule has 0 aliphatic rings. The molecule has 0 aliphatic heterocycles. The third kappa shape index (κ3) is 2.71. The van der Waals surface area contributed by atoms with Gasteiger partial charge in [0.05, 0.1) is 0 Å². The number of hydrogen-bond acceptors (Lipinski definition) is 4. The van der Waals surface area contributed by atoms with Gasteiger partial charge in [-0.05, 0) is 18.6 Å². The van der Waals surface area contributed by atoms with Crippen LogP contribution in [-0.2, 0) is 4.79 Å². The zero-order valence-electron chi connectivity index (χ0n) is 9.56. The minimum Gasteiger partial charge on any atom is -0.481 e. The van der Waals surface area contributed by atoms with Gasteiger partial charge in [-0.3, -0.25) is 4.79 Å². The van der Waals surface area contributed by atoms with Crippen molar-refractivity contribution < 1.29 is 14.3 Å². The number of fused-ring (bicyclic) bond motifs is 1. The van der Waals surface area contributed by atoms with E-state index in [0.29, 0.717) is 24.2 Å². The van der Waals surface area contributed by atoms with Gasteiger partial charge in [0.15, 0.2) is 0 Å². The van der Waals surface area contributed by atoms with Crippen molar-refractivity contribution in [2.45, 2.75) is 12.8 Å². The number of rotatable bonds is 5. The average molecular weight is 249 g/mol. The number of nitrogens with zero attached hydrogens (tertiary/aromatic N) is 2. The molecule has 0 saturated carbocycles. The van der Waals surface area contributed by atoms with Crippen LogP contribution in [0.1, 0.15) is 12.8 Å². The lowest BCUT2D eigenvalue weighted by atomic mass is 10.2. The van der Waals surface area contributed by atoms with Crippen LogP contribution in [0.5, 0.6) is 0 Å². The van der Waals surface area contributed by atoms with E-state index in [1.807, 2.05) is 0 Å². The van der Waals surface area contributed by atoms with Gasteiger partial charge in [-0.2, -0.15) is 0 Å². The number of carbonyl (C=O) groups is 1. The number of carboxylic acids is 1. The van der Waals surface area contributed by atoms with Crippen LogP contribution in [0.25, 0.3) is 10.9 Å². The Kier molecular flexibility index (Phi) is 3.66. The molecule has 0 atom stereocenters. The zero-order chi connectivity index (χ0) is 13.0. The molecular formula is C12H12FN3O2. The van der Waals surface area contributed by atoms with Crippen molar-refractivity contribution in [2.24, 2.45) is 0 Å². The van der Waals surface area contributed by atoms with E-state index in [9.17, 15) is 9.18 Å². The minimum absolute atomic E-state index is 0.0877. The van der Waals surface area contributed by atoms with Crippen LogP contribution < -0.4 is 5.32 Å². The number of halogens is 1. The third-order valence-electron chi connectivity index (χ3n) is 2.48. The predicted octanol–water partition coefficient (Wildman–Crippen LogP) is 2.05. The number of benzene rings is 1. The van der Waals surface area contributed by atoms with Crippen molar-refractivity contribution >= 4 is 22.7 Å². The number of aliphatic carboxylic acids is 1. The molecule has 2 aromatic rings. The third-order valence-corrected chi connectivity index (χ3v) is 2.48. The first kappa shape index (κ1) is 12.2. The minimum atomic E-state index is -0.838. The molecule has 2 rings (SSSR count). The van der Waals surface area contributed by atoms with Crippen molar-refractivity contribution in [3.05, 3.63) is 30.3 Å². The molecule has 0 fully saturated rings. The van der Waals surface area contributed by atoms with E-state index in [-0.39, 0.29) is 11.9 Å². The largest absolute Gasteiger partial charge is 0.481 e. The molecule has 0 spiro atoms. The molecule has 6 heteroatoms. The maximum atomic E-state index is 13.5. The molecule has 0 aliphatic carbocycles. The topological polar surface area (TPSA) is 75.1 Å². The molecule has 94 valence electrons. The van der Waals surface area contributed by atoms with Crippen LogP contribution in [-0.4, -0.2) is 27.6 Å². The fourth-order valence-electron chi connectivity index (χ4n) is 1.64. The fourth-order valence-corrected chi connectivity index (χ4v) is 1.64. The van der Waals surface area contributed by atoms with Crippen molar-refractivity contribution in [3.8, 4) is 0 Å². The molecule has 1 aromatic heterocycles. The quantitative estimate of drug-likeness (QED) is 0.793. The van der Waals surface area contributed by atoms with Crippen LogP contribution >= 0.6 is 0 Å². The molecular weight excluding hydrogens is 237 g/mol. The Morgan fingerprint density at radius 3 is 3.00 bits per heavy atom. The van der Waals surface area contributed by atoms with Crippen LogP contribution in [0.4, 0.5) is 10.2 Å². The first-order valence-electron chi connectivity index (χ1n) is 5.53. The van der Waals surface area contributed by atoms with Gasteiger partial charge < -0.3 is 10.4 Å². The number of para-hydroxylation sites is 1. The van der Waals surface area contributed by atoms with E-state index >= 15 is 0 Å². The Hall–Kier alpha value is -2.24. The summed E-state index contributed by atoms with van der Waals surface area (Å²) in [6.45, 7) is 0.467. The number of aromatic nitrogens is 2. The van der Waals surface area contributed by atoms with Gasteiger partial charge in [0, 0.05) is 18.4 Å². The van der Waals surface area contributed by atoms with Gasteiger partial charge in [-0.25, -0.2) is 14.4 Å². The smallest absolute Gasteiger partial charge is 0.303 e.